The van der Waals surface area contributed by atoms with E-state index < -0.39 is 23.6 Å². The molecule has 88 valence electrons. The number of benzene rings is 1. The van der Waals surface area contributed by atoms with Crippen LogP contribution in [0, 0.1) is 11.6 Å². The van der Waals surface area contributed by atoms with E-state index in [1.54, 1.807) is 6.92 Å². The maximum Gasteiger partial charge on any atom is 0.252 e. The van der Waals surface area contributed by atoms with Crippen LogP contribution in [0.5, 0.6) is 0 Å². The number of aliphatic hydroxyl groups excluding tert-OH is 1. The van der Waals surface area contributed by atoms with E-state index in [4.69, 9.17) is 5.11 Å². The number of nitrogens with one attached hydrogen (secondary N) is 1. The molecule has 3 nitrogen and oxygen atoms in total. The van der Waals surface area contributed by atoms with Crippen molar-refractivity contribution in [3.63, 3.8) is 0 Å². The van der Waals surface area contributed by atoms with E-state index in [-0.39, 0.29) is 16.6 Å². The third kappa shape index (κ3) is 2.99. The maximum atomic E-state index is 12.9. The predicted octanol–water partition coefficient (Wildman–Crippen LogP) is 1.84. The Morgan fingerprint density at radius 2 is 2.06 bits per heavy atom. The summed E-state index contributed by atoms with van der Waals surface area (Å²) < 4.78 is 25.8. The second-order valence-electron chi connectivity index (χ2n) is 3.30. The molecule has 1 aromatic rings. The molecule has 1 unspecified atom stereocenters. The molecule has 0 aliphatic rings. The number of aliphatic hydroxyl groups is 1. The fourth-order valence-corrected chi connectivity index (χ4v) is 1.54. The van der Waals surface area contributed by atoms with Crippen molar-refractivity contribution in [3.8, 4) is 0 Å². The van der Waals surface area contributed by atoms with Crippen molar-refractivity contribution >= 4 is 21.8 Å². The first-order valence-electron chi connectivity index (χ1n) is 4.52. The van der Waals surface area contributed by atoms with Gasteiger partial charge in [-0.15, -0.1) is 0 Å². The monoisotopic (exact) mass is 293 g/mol. The number of halogens is 3. The standard InChI is InChI=1S/C10H10BrF2NO2/c1-5(4-15)14-10(16)6-2-8(12)9(13)3-7(6)11/h2-3,5,15H,4H2,1H3,(H,14,16). The van der Waals surface area contributed by atoms with E-state index in [1.807, 2.05) is 0 Å². The molecule has 0 aliphatic carbocycles. The van der Waals surface area contributed by atoms with Gasteiger partial charge in [0, 0.05) is 10.5 Å². The largest absolute Gasteiger partial charge is 0.394 e. The van der Waals surface area contributed by atoms with Crippen LogP contribution in [0.3, 0.4) is 0 Å². The Balaban J connectivity index is 2.96. The van der Waals surface area contributed by atoms with Crippen LogP contribution in [0.2, 0.25) is 0 Å². The fourth-order valence-electron chi connectivity index (χ4n) is 1.04. The minimum Gasteiger partial charge on any atom is -0.394 e. The molecule has 0 spiro atoms. The summed E-state index contributed by atoms with van der Waals surface area (Å²) in [6.45, 7) is 1.36. The highest BCUT2D eigenvalue weighted by Gasteiger charge is 2.15. The molecule has 1 aromatic carbocycles. The number of carbonyl (C=O) groups excluding carboxylic acids is 1. The molecule has 1 amide bonds. The number of carbonyl (C=O) groups is 1. The second-order valence-corrected chi connectivity index (χ2v) is 4.16. The number of rotatable bonds is 3. The van der Waals surface area contributed by atoms with Crippen molar-refractivity contribution in [2.45, 2.75) is 13.0 Å². The number of amides is 1. The van der Waals surface area contributed by atoms with E-state index in [0.29, 0.717) is 0 Å². The molecule has 0 saturated heterocycles. The van der Waals surface area contributed by atoms with Gasteiger partial charge in [0.25, 0.3) is 5.91 Å². The van der Waals surface area contributed by atoms with Crippen LogP contribution in [0.25, 0.3) is 0 Å². The van der Waals surface area contributed by atoms with E-state index in [1.165, 1.54) is 0 Å². The Morgan fingerprint density at radius 3 is 2.62 bits per heavy atom. The Labute approximate surface area is 99.6 Å². The molecular formula is C10H10BrF2NO2. The van der Waals surface area contributed by atoms with Gasteiger partial charge in [0.1, 0.15) is 0 Å². The van der Waals surface area contributed by atoms with Crippen molar-refractivity contribution in [3.05, 3.63) is 33.8 Å². The summed E-state index contributed by atoms with van der Waals surface area (Å²) >= 11 is 2.96. The van der Waals surface area contributed by atoms with E-state index in [2.05, 4.69) is 21.2 Å². The van der Waals surface area contributed by atoms with Crippen LogP contribution in [-0.4, -0.2) is 23.7 Å². The van der Waals surface area contributed by atoms with Gasteiger partial charge in [-0.3, -0.25) is 4.79 Å². The molecule has 16 heavy (non-hydrogen) atoms. The van der Waals surface area contributed by atoms with Crippen LogP contribution in [-0.2, 0) is 0 Å². The third-order valence-electron chi connectivity index (χ3n) is 1.91. The van der Waals surface area contributed by atoms with Crippen molar-refractivity contribution < 1.29 is 18.7 Å². The molecule has 0 saturated carbocycles. The van der Waals surface area contributed by atoms with Gasteiger partial charge in [-0.1, -0.05) is 0 Å². The molecule has 2 N–H and O–H groups in total. The van der Waals surface area contributed by atoms with Crippen LogP contribution < -0.4 is 5.32 Å². The molecule has 0 fully saturated rings. The zero-order valence-electron chi connectivity index (χ0n) is 8.43. The van der Waals surface area contributed by atoms with Gasteiger partial charge in [0.15, 0.2) is 11.6 Å². The summed E-state index contributed by atoms with van der Waals surface area (Å²) in [4.78, 5) is 11.6. The highest BCUT2D eigenvalue weighted by molar-refractivity contribution is 9.10. The van der Waals surface area contributed by atoms with Crippen molar-refractivity contribution in [1.29, 1.82) is 0 Å². The lowest BCUT2D eigenvalue weighted by atomic mass is 10.2. The van der Waals surface area contributed by atoms with E-state index in [9.17, 15) is 13.6 Å². The first kappa shape index (κ1) is 13.1. The number of hydrogen-bond acceptors (Lipinski definition) is 2. The van der Waals surface area contributed by atoms with Crippen LogP contribution >= 0.6 is 15.9 Å². The predicted molar refractivity (Wildman–Crippen MR) is 58.1 cm³/mol. The Morgan fingerprint density at radius 1 is 1.50 bits per heavy atom. The molecule has 0 bridgehead atoms. The molecule has 1 atom stereocenters. The van der Waals surface area contributed by atoms with Gasteiger partial charge in [-0.25, -0.2) is 8.78 Å². The molecular weight excluding hydrogens is 284 g/mol. The van der Waals surface area contributed by atoms with Crippen LogP contribution in [0.4, 0.5) is 8.78 Å². The van der Waals surface area contributed by atoms with Gasteiger partial charge in [0.2, 0.25) is 0 Å². The summed E-state index contributed by atoms with van der Waals surface area (Å²) in [6, 6.07) is 1.24. The molecule has 6 heteroatoms. The molecule has 0 heterocycles. The lowest BCUT2D eigenvalue weighted by Gasteiger charge is -2.11. The topological polar surface area (TPSA) is 49.3 Å². The molecule has 0 aromatic heterocycles. The summed E-state index contributed by atoms with van der Waals surface area (Å²) in [7, 11) is 0. The average Bonchev–Trinajstić information content (AvgIpc) is 2.23. The third-order valence-corrected chi connectivity index (χ3v) is 2.56. The summed E-state index contributed by atoms with van der Waals surface area (Å²) in [5, 5.41) is 11.2. The van der Waals surface area contributed by atoms with Gasteiger partial charge in [-0.05, 0) is 35.0 Å². The highest BCUT2D eigenvalue weighted by Crippen LogP contribution is 2.20. The lowest BCUT2D eigenvalue weighted by molar-refractivity contribution is 0.0921. The first-order chi connectivity index (χ1) is 7.45. The summed E-state index contributed by atoms with van der Waals surface area (Å²) in [5.41, 5.74) is -0.0146. The smallest absolute Gasteiger partial charge is 0.252 e. The normalized spacial score (nSPS) is 12.3. The average molecular weight is 294 g/mol. The van der Waals surface area contributed by atoms with Gasteiger partial charge in [0.05, 0.1) is 12.2 Å². The fraction of sp³-hybridized carbons (Fsp3) is 0.300. The zero-order valence-corrected chi connectivity index (χ0v) is 10.0. The second kappa shape index (κ2) is 5.36. The summed E-state index contributed by atoms with van der Waals surface area (Å²) in [6.07, 6.45) is 0. The zero-order chi connectivity index (χ0) is 12.3. The highest BCUT2D eigenvalue weighted by atomic mass is 79.9. The van der Waals surface area contributed by atoms with Crippen molar-refractivity contribution in [1.82, 2.24) is 5.32 Å². The van der Waals surface area contributed by atoms with Crippen molar-refractivity contribution in [2.24, 2.45) is 0 Å². The molecule has 0 aliphatic heterocycles. The summed E-state index contributed by atoms with van der Waals surface area (Å²) in [5.74, 6) is -2.70. The van der Waals surface area contributed by atoms with Gasteiger partial charge in [-0.2, -0.15) is 0 Å². The van der Waals surface area contributed by atoms with Crippen molar-refractivity contribution in [2.75, 3.05) is 6.61 Å². The minimum atomic E-state index is -1.09. The van der Waals surface area contributed by atoms with E-state index >= 15 is 0 Å². The first-order valence-corrected chi connectivity index (χ1v) is 5.31. The Hall–Kier alpha value is -1.01. The van der Waals surface area contributed by atoms with Gasteiger partial charge < -0.3 is 10.4 Å². The minimum absolute atomic E-state index is 0.0146. The van der Waals surface area contributed by atoms with E-state index in [0.717, 1.165) is 12.1 Å². The Bertz CT molecular complexity index is 412. The quantitative estimate of drug-likeness (QED) is 0.836. The molecule has 1 rings (SSSR count). The van der Waals surface area contributed by atoms with Gasteiger partial charge >= 0.3 is 0 Å². The maximum absolute atomic E-state index is 12.9. The SMILES string of the molecule is CC(CO)NC(=O)c1cc(F)c(F)cc1Br. The van der Waals surface area contributed by atoms with Crippen LogP contribution in [0.1, 0.15) is 17.3 Å². The Kier molecular flexibility index (Phi) is 4.37. The lowest BCUT2D eigenvalue weighted by Crippen LogP contribution is -2.35. The molecule has 0 radical (unpaired) electrons. The number of hydrogen-bond donors (Lipinski definition) is 2. The van der Waals surface area contributed by atoms with Crippen LogP contribution in [0.15, 0.2) is 16.6 Å².